The average molecular weight is 428 g/mol. The van der Waals surface area contributed by atoms with E-state index >= 15 is 0 Å². The molecular formula is C14H29IN4O3. The molecule has 2 N–H and O–H groups in total. The van der Waals surface area contributed by atoms with Gasteiger partial charge in [0.25, 0.3) is 0 Å². The summed E-state index contributed by atoms with van der Waals surface area (Å²) in [6.07, 6.45) is 0.0331. The summed E-state index contributed by atoms with van der Waals surface area (Å²) in [5.74, 6) is 0.661. The van der Waals surface area contributed by atoms with Crippen LogP contribution in [-0.2, 0) is 14.3 Å². The highest BCUT2D eigenvalue weighted by atomic mass is 127. The van der Waals surface area contributed by atoms with Gasteiger partial charge in [-0.25, -0.2) is 0 Å². The van der Waals surface area contributed by atoms with Crippen molar-refractivity contribution in [2.75, 3.05) is 47.0 Å². The molecule has 1 amide bonds. The summed E-state index contributed by atoms with van der Waals surface area (Å²) >= 11 is 0. The number of morpholine rings is 1. The van der Waals surface area contributed by atoms with Crippen molar-refractivity contribution in [3.63, 3.8) is 0 Å². The van der Waals surface area contributed by atoms with Crippen molar-refractivity contribution in [3.05, 3.63) is 0 Å². The molecule has 8 heteroatoms. The Morgan fingerprint density at radius 3 is 2.68 bits per heavy atom. The van der Waals surface area contributed by atoms with E-state index in [0.717, 1.165) is 6.54 Å². The van der Waals surface area contributed by atoms with Gasteiger partial charge in [0, 0.05) is 32.8 Å². The quantitative estimate of drug-likeness (QED) is 0.386. The summed E-state index contributed by atoms with van der Waals surface area (Å²) in [5, 5.41) is 6.00. The molecule has 1 aliphatic heterocycles. The maximum Gasteiger partial charge on any atom is 0.239 e. The number of methoxy groups -OCH3 is 1. The molecule has 130 valence electrons. The zero-order valence-electron chi connectivity index (χ0n) is 14.1. The van der Waals surface area contributed by atoms with E-state index in [0.29, 0.717) is 25.7 Å². The molecule has 1 unspecified atom stereocenters. The maximum absolute atomic E-state index is 11.8. The number of aliphatic imine (C=N–C) groups is 1. The second-order valence-corrected chi connectivity index (χ2v) is 6.09. The molecule has 0 aromatic rings. The van der Waals surface area contributed by atoms with E-state index in [1.807, 2.05) is 20.8 Å². The van der Waals surface area contributed by atoms with Crippen LogP contribution in [0.1, 0.15) is 20.8 Å². The van der Waals surface area contributed by atoms with Gasteiger partial charge in [-0.1, -0.05) is 0 Å². The normalized spacial score (nSPS) is 19.4. The zero-order valence-corrected chi connectivity index (χ0v) is 16.5. The molecule has 0 spiro atoms. The molecule has 1 heterocycles. The first-order valence-corrected chi connectivity index (χ1v) is 7.23. The number of nitrogens with zero attached hydrogens (tertiary/aromatic N) is 2. The Labute approximate surface area is 150 Å². The first kappa shape index (κ1) is 21.4. The number of rotatable bonds is 4. The fourth-order valence-corrected chi connectivity index (χ4v) is 2.15. The van der Waals surface area contributed by atoms with Crippen LogP contribution >= 0.6 is 24.0 Å². The van der Waals surface area contributed by atoms with Crippen LogP contribution in [0, 0.1) is 0 Å². The summed E-state index contributed by atoms with van der Waals surface area (Å²) in [5.41, 5.74) is -0.231. The van der Waals surface area contributed by atoms with Gasteiger partial charge in [-0.15, -0.1) is 24.0 Å². The molecule has 1 atom stereocenters. The molecule has 1 saturated heterocycles. The van der Waals surface area contributed by atoms with Crippen LogP contribution in [0.3, 0.4) is 0 Å². The fourth-order valence-electron chi connectivity index (χ4n) is 2.15. The Morgan fingerprint density at radius 1 is 1.45 bits per heavy atom. The molecule has 0 aromatic heterocycles. The SMILES string of the molecule is CN=C(NCC(=O)NC(C)(C)C)N1CCOC(COC)C1.I. The van der Waals surface area contributed by atoms with E-state index < -0.39 is 0 Å². The summed E-state index contributed by atoms with van der Waals surface area (Å²) in [7, 11) is 3.37. The molecule has 0 saturated carbocycles. The summed E-state index contributed by atoms with van der Waals surface area (Å²) in [4.78, 5) is 18.1. The summed E-state index contributed by atoms with van der Waals surface area (Å²) in [6.45, 7) is 8.71. The van der Waals surface area contributed by atoms with Gasteiger partial charge in [0.2, 0.25) is 5.91 Å². The summed E-state index contributed by atoms with van der Waals surface area (Å²) in [6, 6.07) is 0. The van der Waals surface area contributed by atoms with Crippen LogP contribution in [0.2, 0.25) is 0 Å². The van der Waals surface area contributed by atoms with Crippen molar-refractivity contribution in [1.82, 2.24) is 15.5 Å². The number of hydrogen-bond acceptors (Lipinski definition) is 4. The van der Waals surface area contributed by atoms with Gasteiger partial charge < -0.3 is 25.0 Å². The molecule has 1 rings (SSSR count). The monoisotopic (exact) mass is 428 g/mol. The van der Waals surface area contributed by atoms with Crippen LogP contribution in [-0.4, -0.2) is 75.4 Å². The molecule has 0 radical (unpaired) electrons. The standard InChI is InChI=1S/C14H28N4O3.HI/c1-14(2,3)17-12(19)8-16-13(15-4)18-6-7-21-11(9-18)10-20-5;/h11H,6-10H2,1-5H3,(H,15,16)(H,17,19);1H. The lowest BCUT2D eigenvalue weighted by Gasteiger charge is -2.34. The smallest absolute Gasteiger partial charge is 0.239 e. The van der Waals surface area contributed by atoms with Gasteiger partial charge in [-0.05, 0) is 20.8 Å². The third-order valence-corrected chi connectivity index (χ3v) is 2.92. The van der Waals surface area contributed by atoms with Gasteiger partial charge in [0.05, 0.1) is 25.9 Å². The Hall–Kier alpha value is -0.610. The molecule has 0 bridgehead atoms. The highest BCUT2D eigenvalue weighted by molar-refractivity contribution is 14.0. The zero-order chi connectivity index (χ0) is 15.9. The van der Waals surface area contributed by atoms with Gasteiger partial charge in [0.1, 0.15) is 0 Å². The Balaban J connectivity index is 0.00000441. The number of nitrogens with one attached hydrogen (secondary N) is 2. The number of halogens is 1. The largest absolute Gasteiger partial charge is 0.382 e. The second kappa shape index (κ2) is 10.2. The predicted molar refractivity (Wildman–Crippen MR) is 97.9 cm³/mol. The third-order valence-electron chi connectivity index (χ3n) is 2.92. The van der Waals surface area contributed by atoms with Gasteiger partial charge in [-0.3, -0.25) is 9.79 Å². The lowest BCUT2D eigenvalue weighted by molar-refractivity contribution is -0.121. The number of carbonyl (C=O) groups is 1. The van der Waals surface area contributed by atoms with Gasteiger partial charge in [0.15, 0.2) is 5.96 Å². The Bertz CT molecular complexity index is 370. The van der Waals surface area contributed by atoms with Crippen LogP contribution in [0.15, 0.2) is 4.99 Å². The molecule has 22 heavy (non-hydrogen) atoms. The van der Waals surface area contributed by atoms with Crippen LogP contribution in [0.25, 0.3) is 0 Å². The van der Waals surface area contributed by atoms with Gasteiger partial charge in [-0.2, -0.15) is 0 Å². The van der Waals surface area contributed by atoms with Crippen LogP contribution < -0.4 is 10.6 Å². The molecule has 0 aliphatic carbocycles. The summed E-state index contributed by atoms with van der Waals surface area (Å²) < 4.78 is 10.7. The highest BCUT2D eigenvalue weighted by Crippen LogP contribution is 2.06. The minimum Gasteiger partial charge on any atom is -0.382 e. The minimum absolute atomic E-state index is 0. The number of hydrogen-bond donors (Lipinski definition) is 2. The van der Waals surface area contributed by atoms with Crippen molar-refractivity contribution in [1.29, 1.82) is 0 Å². The minimum atomic E-state index is -0.231. The number of ether oxygens (including phenoxy) is 2. The van der Waals surface area contributed by atoms with Crippen molar-refractivity contribution in [3.8, 4) is 0 Å². The predicted octanol–water partition coefficient (Wildman–Crippen LogP) is 0.442. The van der Waals surface area contributed by atoms with Crippen LogP contribution in [0.5, 0.6) is 0 Å². The number of carbonyl (C=O) groups excluding carboxylic acids is 1. The lowest BCUT2D eigenvalue weighted by Crippen LogP contribution is -2.53. The van der Waals surface area contributed by atoms with Crippen LogP contribution in [0.4, 0.5) is 0 Å². The van der Waals surface area contributed by atoms with E-state index in [9.17, 15) is 4.79 Å². The fraction of sp³-hybridized carbons (Fsp3) is 0.857. The third kappa shape index (κ3) is 8.14. The highest BCUT2D eigenvalue weighted by Gasteiger charge is 2.23. The van der Waals surface area contributed by atoms with E-state index in [1.165, 1.54) is 0 Å². The van der Waals surface area contributed by atoms with Crippen molar-refractivity contribution < 1.29 is 14.3 Å². The first-order chi connectivity index (χ1) is 9.85. The number of guanidine groups is 1. The van der Waals surface area contributed by atoms with Crippen molar-refractivity contribution in [2.24, 2.45) is 4.99 Å². The van der Waals surface area contributed by atoms with E-state index in [1.54, 1.807) is 14.2 Å². The maximum atomic E-state index is 11.8. The van der Waals surface area contributed by atoms with E-state index in [4.69, 9.17) is 9.47 Å². The Morgan fingerprint density at radius 2 is 2.14 bits per heavy atom. The van der Waals surface area contributed by atoms with Crippen molar-refractivity contribution in [2.45, 2.75) is 32.4 Å². The molecule has 1 fully saturated rings. The molecular weight excluding hydrogens is 399 g/mol. The average Bonchev–Trinajstić information content (AvgIpc) is 2.38. The molecule has 0 aromatic carbocycles. The second-order valence-electron chi connectivity index (χ2n) is 6.09. The topological polar surface area (TPSA) is 75.2 Å². The number of amides is 1. The first-order valence-electron chi connectivity index (χ1n) is 7.23. The molecule has 7 nitrogen and oxygen atoms in total. The van der Waals surface area contributed by atoms with E-state index in [2.05, 4.69) is 20.5 Å². The molecule has 1 aliphatic rings. The Kier molecular flexibility index (Phi) is 9.94. The van der Waals surface area contributed by atoms with Gasteiger partial charge >= 0.3 is 0 Å². The van der Waals surface area contributed by atoms with E-state index in [-0.39, 0.29) is 48.1 Å². The lowest BCUT2D eigenvalue weighted by atomic mass is 10.1. The van der Waals surface area contributed by atoms with Crippen molar-refractivity contribution >= 4 is 35.8 Å².